The van der Waals surface area contributed by atoms with E-state index in [0.717, 1.165) is 18.7 Å². The molecule has 1 aromatic rings. The lowest BCUT2D eigenvalue weighted by molar-refractivity contribution is 0.0527. The van der Waals surface area contributed by atoms with Gasteiger partial charge in [-0.05, 0) is 33.7 Å². The second kappa shape index (κ2) is 7.00. The number of ether oxygens (including phenoxy) is 1. The third-order valence-electron chi connectivity index (χ3n) is 1.98. The van der Waals surface area contributed by atoms with Crippen LogP contribution in [0.4, 0.5) is 4.79 Å². The number of aromatic nitrogens is 1. The van der Waals surface area contributed by atoms with E-state index in [1.165, 1.54) is 6.39 Å². The molecular weight excluding hydrogens is 234 g/mol. The summed E-state index contributed by atoms with van der Waals surface area (Å²) in [4.78, 5) is 15.1. The molecular formula is C12H21N3O3. The van der Waals surface area contributed by atoms with Gasteiger partial charge in [-0.15, -0.1) is 0 Å². The van der Waals surface area contributed by atoms with Crippen molar-refractivity contribution < 1.29 is 13.9 Å². The molecule has 6 heteroatoms. The molecule has 18 heavy (non-hydrogen) atoms. The van der Waals surface area contributed by atoms with Crippen molar-refractivity contribution >= 4 is 6.09 Å². The summed E-state index contributed by atoms with van der Waals surface area (Å²) in [7, 11) is 0. The quantitative estimate of drug-likeness (QED) is 0.756. The van der Waals surface area contributed by atoms with E-state index in [1.54, 1.807) is 6.20 Å². The Balaban J connectivity index is 1.97. The molecule has 102 valence electrons. The minimum absolute atomic E-state index is 0.377. The van der Waals surface area contributed by atoms with Gasteiger partial charge in [0.2, 0.25) is 0 Å². The van der Waals surface area contributed by atoms with Gasteiger partial charge in [-0.3, -0.25) is 0 Å². The maximum atomic E-state index is 11.3. The van der Waals surface area contributed by atoms with Crippen molar-refractivity contribution in [3.63, 3.8) is 0 Å². The van der Waals surface area contributed by atoms with E-state index in [9.17, 15) is 4.79 Å². The van der Waals surface area contributed by atoms with Crippen LogP contribution in [0.2, 0.25) is 0 Å². The Kier molecular flexibility index (Phi) is 5.64. The first-order valence-electron chi connectivity index (χ1n) is 6.02. The molecule has 0 aliphatic carbocycles. The lowest BCUT2D eigenvalue weighted by Gasteiger charge is -2.19. The third-order valence-corrected chi connectivity index (χ3v) is 1.98. The SMILES string of the molecule is CC(C)(C)OC(=O)NCCCNCc1cnco1. The first kappa shape index (κ1) is 14.5. The molecule has 1 rings (SSSR count). The Morgan fingerprint density at radius 3 is 2.83 bits per heavy atom. The highest BCUT2D eigenvalue weighted by Gasteiger charge is 2.15. The summed E-state index contributed by atoms with van der Waals surface area (Å²) in [5.74, 6) is 0.801. The fraction of sp³-hybridized carbons (Fsp3) is 0.667. The van der Waals surface area contributed by atoms with Gasteiger partial charge >= 0.3 is 6.09 Å². The van der Waals surface area contributed by atoms with Crippen molar-refractivity contribution in [3.8, 4) is 0 Å². The minimum Gasteiger partial charge on any atom is -0.447 e. The van der Waals surface area contributed by atoms with Crippen molar-refractivity contribution in [2.45, 2.75) is 39.3 Å². The zero-order valence-electron chi connectivity index (χ0n) is 11.2. The van der Waals surface area contributed by atoms with Crippen LogP contribution < -0.4 is 10.6 Å². The van der Waals surface area contributed by atoms with Gasteiger partial charge in [0, 0.05) is 6.54 Å². The van der Waals surface area contributed by atoms with Crippen LogP contribution in [0, 0.1) is 0 Å². The first-order chi connectivity index (χ1) is 8.47. The predicted molar refractivity (Wildman–Crippen MR) is 67.1 cm³/mol. The summed E-state index contributed by atoms with van der Waals surface area (Å²) < 4.78 is 10.2. The van der Waals surface area contributed by atoms with Gasteiger partial charge in [-0.25, -0.2) is 9.78 Å². The standard InChI is InChI=1S/C12H21N3O3/c1-12(2,3)18-11(16)15-6-4-5-13-7-10-8-14-9-17-10/h8-9,13H,4-7H2,1-3H3,(H,15,16). The molecule has 0 aliphatic heterocycles. The van der Waals surface area contributed by atoms with E-state index in [2.05, 4.69) is 15.6 Å². The molecule has 0 radical (unpaired) electrons. The smallest absolute Gasteiger partial charge is 0.407 e. The van der Waals surface area contributed by atoms with Crippen LogP contribution in [0.5, 0.6) is 0 Å². The van der Waals surface area contributed by atoms with Crippen molar-refractivity contribution in [2.24, 2.45) is 0 Å². The average Bonchev–Trinajstić information content (AvgIpc) is 2.73. The van der Waals surface area contributed by atoms with Gasteiger partial charge in [0.05, 0.1) is 12.7 Å². The van der Waals surface area contributed by atoms with E-state index < -0.39 is 5.60 Å². The normalized spacial score (nSPS) is 11.3. The van der Waals surface area contributed by atoms with Crippen LogP contribution >= 0.6 is 0 Å². The Labute approximate surface area is 107 Å². The largest absolute Gasteiger partial charge is 0.447 e. The molecule has 0 saturated carbocycles. The van der Waals surface area contributed by atoms with Gasteiger partial charge < -0.3 is 19.8 Å². The molecule has 0 saturated heterocycles. The number of rotatable bonds is 6. The Hall–Kier alpha value is -1.56. The first-order valence-corrected chi connectivity index (χ1v) is 6.02. The molecule has 1 heterocycles. The second-order valence-electron chi connectivity index (χ2n) is 4.93. The highest BCUT2D eigenvalue weighted by molar-refractivity contribution is 5.67. The lowest BCUT2D eigenvalue weighted by Crippen LogP contribution is -2.33. The minimum atomic E-state index is -0.450. The third kappa shape index (κ3) is 6.90. The monoisotopic (exact) mass is 255 g/mol. The fourth-order valence-electron chi connectivity index (χ4n) is 1.26. The van der Waals surface area contributed by atoms with E-state index in [0.29, 0.717) is 13.1 Å². The Bertz CT molecular complexity index is 344. The van der Waals surface area contributed by atoms with Crippen LogP contribution in [-0.2, 0) is 11.3 Å². The number of carbonyl (C=O) groups is 1. The Morgan fingerprint density at radius 1 is 1.44 bits per heavy atom. The fourth-order valence-corrected chi connectivity index (χ4v) is 1.26. The Morgan fingerprint density at radius 2 is 2.22 bits per heavy atom. The summed E-state index contributed by atoms with van der Waals surface area (Å²) in [6.07, 6.45) is 3.53. The van der Waals surface area contributed by atoms with Crippen molar-refractivity contribution in [2.75, 3.05) is 13.1 Å². The summed E-state index contributed by atoms with van der Waals surface area (Å²) >= 11 is 0. The van der Waals surface area contributed by atoms with Crippen LogP contribution in [0.1, 0.15) is 33.0 Å². The maximum Gasteiger partial charge on any atom is 0.407 e. The van der Waals surface area contributed by atoms with Crippen LogP contribution in [-0.4, -0.2) is 29.8 Å². The average molecular weight is 255 g/mol. The number of carbonyl (C=O) groups excluding carboxylic acids is 1. The number of hydrogen-bond donors (Lipinski definition) is 2. The van der Waals surface area contributed by atoms with E-state index >= 15 is 0 Å². The number of amides is 1. The molecule has 0 atom stereocenters. The highest BCUT2D eigenvalue weighted by atomic mass is 16.6. The molecule has 0 spiro atoms. The number of nitrogens with zero attached hydrogens (tertiary/aromatic N) is 1. The number of alkyl carbamates (subject to hydrolysis) is 1. The molecule has 0 aromatic carbocycles. The van der Waals surface area contributed by atoms with Gasteiger partial charge in [-0.1, -0.05) is 0 Å². The zero-order valence-corrected chi connectivity index (χ0v) is 11.2. The van der Waals surface area contributed by atoms with Crippen LogP contribution in [0.15, 0.2) is 17.0 Å². The van der Waals surface area contributed by atoms with E-state index in [1.807, 2.05) is 20.8 Å². The second-order valence-corrected chi connectivity index (χ2v) is 4.93. The topological polar surface area (TPSA) is 76.4 Å². The van der Waals surface area contributed by atoms with Crippen LogP contribution in [0.25, 0.3) is 0 Å². The zero-order chi connectivity index (χ0) is 13.4. The molecule has 6 nitrogen and oxygen atoms in total. The molecule has 0 unspecified atom stereocenters. The van der Waals surface area contributed by atoms with Crippen LogP contribution in [0.3, 0.4) is 0 Å². The van der Waals surface area contributed by atoms with Gasteiger partial charge in [0.25, 0.3) is 0 Å². The molecule has 0 bridgehead atoms. The molecule has 1 aromatic heterocycles. The molecule has 0 fully saturated rings. The van der Waals surface area contributed by atoms with Crippen molar-refractivity contribution in [1.82, 2.24) is 15.6 Å². The van der Waals surface area contributed by atoms with E-state index in [4.69, 9.17) is 9.15 Å². The highest BCUT2D eigenvalue weighted by Crippen LogP contribution is 2.06. The summed E-state index contributed by atoms with van der Waals surface area (Å²) in [5.41, 5.74) is -0.450. The number of oxazole rings is 1. The summed E-state index contributed by atoms with van der Waals surface area (Å²) in [6, 6.07) is 0. The number of nitrogens with one attached hydrogen (secondary N) is 2. The van der Waals surface area contributed by atoms with Crippen molar-refractivity contribution in [3.05, 3.63) is 18.4 Å². The van der Waals surface area contributed by atoms with Crippen molar-refractivity contribution in [1.29, 1.82) is 0 Å². The predicted octanol–water partition coefficient (Wildman–Crippen LogP) is 1.68. The van der Waals surface area contributed by atoms with Gasteiger partial charge in [-0.2, -0.15) is 0 Å². The molecule has 2 N–H and O–H groups in total. The van der Waals surface area contributed by atoms with E-state index in [-0.39, 0.29) is 6.09 Å². The summed E-state index contributed by atoms with van der Waals surface area (Å²) in [6.45, 7) is 7.53. The summed E-state index contributed by atoms with van der Waals surface area (Å²) in [5, 5.41) is 5.88. The van der Waals surface area contributed by atoms with Gasteiger partial charge in [0.15, 0.2) is 6.39 Å². The van der Waals surface area contributed by atoms with Gasteiger partial charge in [0.1, 0.15) is 11.4 Å². The molecule has 0 aliphatic rings. The number of hydrogen-bond acceptors (Lipinski definition) is 5. The molecule has 1 amide bonds. The lowest BCUT2D eigenvalue weighted by atomic mass is 10.2. The maximum absolute atomic E-state index is 11.3.